The highest BCUT2D eigenvalue weighted by atomic mass is 35.5. The lowest BCUT2D eigenvalue weighted by molar-refractivity contribution is 0.397. The molecule has 5 nitrogen and oxygen atoms in total. The number of pyridine rings is 1. The second kappa shape index (κ2) is 4.65. The van der Waals surface area contributed by atoms with Gasteiger partial charge in [0.2, 0.25) is 0 Å². The zero-order chi connectivity index (χ0) is 12.4. The molecule has 6 heteroatoms. The quantitative estimate of drug-likeness (QED) is 0.648. The SMILES string of the molecule is COc1cc(OC)c2nccc(NN)c2c1Cl. The standard InChI is InChI=1S/C11H12ClN3O2/c1-16-7-5-8(17-2)11-9(10(7)12)6(15-13)3-4-14-11/h3-5H,13H2,1-2H3,(H,14,15). The number of hydrogen-bond donors (Lipinski definition) is 2. The van der Waals surface area contributed by atoms with E-state index in [4.69, 9.17) is 26.9 Å². The summed E-state index contributed by atoms with van der Waals surface area (Å²) in [5, 5.41) is 1.12. The van der Waals surface area contributed by atoms with Gasteiger partial charge in [-0.2, -0.15) is 0 Å². The summed E-state index contributed by atoms with van der Waals surface area (Å²) in [4.78, 5) is 4.24. The molecule has 0 aliphatic carbocycles. The van der Waals surface area contributed by atoms with Gasteiger partial charge in [0.05, 0.1) is 30.3 Å². The van der Waals surface area contributed by atoms with Crippen molar-refractivity contribution in [2.45, 2.75) is 0 Å². The van der Waals surface area contributed by atoms with Crippen LogP contribution in [0.5, 0.6) is 11.5 Å². The molecule has 0 unspecified atom stereocenters. The van der Waals surface area contributed by atoms with E-state index in [2.05, 4.69) is 10.4 Å². The van der Waals surface area contributed by atoms with Crippen molar-refractivity contribution in [1.82, 2.24) is 4.98 Å². The molecule has 0 spiro atoms. The van der Waals surface area contributed by atoms with Gasteiger partial charge in [-0.25, -0.2) is 0 Å². The lowest BCUT2D eigenvalue weighted by Gasteiger charge is -2.13. The van der Waals surface area contributed by atoms with E-state index in [1.807, 2.05) is 0 Å². The highest BCUT2D eigenvalue weighted by molar-refractivity contribution is 6.38. The van der Waals surface area contributed by atoms with Crippen molar-refractivity contribution in [2.24, 2.45) is 5.84 Å². The average Bonchev–Trinajstić information content (AvgIpc) is 2.38. The fourth-order valence-corrected chi connectivity index (χ4v) is 1.99. The molecule has 0 saturated carbocycles. The van der Waals surface area contributed by atoms with E-state index in [9.17, 15) is 0 Å². The maximum atomic E-state index is 6.24. The molecular weight excluding hydrogens is 242 g/mol. The zero-order valence-corrected chi connectivity index (χ0v) is 10.2. The zero-order valence-electron chi connectivity index (χ0n) is 9.45. The van der Waals surface area contributed by atoms with Gasteiger partial charge in [0.15, 0.2) is 0 Å². The lowest BCUT2D eigenvalue weighted by Crippen LogP contribution is -2.07. The van der Waals surface area contributed by atoms with Gasteiger partial charge in [-0.1, -0.05) is 11.6 Å². The first kappa shape index (κ1) is 11.8. The summed E-state index contributed by atoms with van der Waals surface area (Å²) < 4.78 is 10.4. The van der Waals surface area contributed by atoms with Crippen LogP contribution in [0.2, 0.25) is 5.02 Å². The van der Waals surface area contributed by atoms with Gasteiger partial charge in [0, 0.05) is 12.3 Å². The van der Waals surface area contributed by atoms with Gasteiger partial charge in [-0.3, -0.25) is 10.8 Å². The Morgan fingerprint density at radius 3 is 2.59 bits per heavy atom. The van der Waals surface area contributed by atoms with Gasteiger partial charge in [-0.05, 0) is 6.07 Å². The van der Waals surface area contributed by atoms with Crippen LogP contribution in [-0.2, 0) is 0 Å². The molecule has 0 fully saturated rings. The Balaban J connectivity index is 2.89. The van der Waals surface area contributed by atoms with Crippen LogP contribution >= 0.6 is 11.6 Å². The predicted octanol–water partition coefficient (Wildman–Crippen LogP) is 2.19. The first-order valence-corrected chi connectivity index (χ1v) is 5.26. The van der Waals surface area contributed by atoms with E-state index < -0.39 is 0 Å². The third-order valence-corrected chi connectivity index (χ3v) is 2.85. The maximum Gasteiger partial charge on any atom is 0.148 e. The number of ether oxygens (including phenoxy) is 2. The number of rotatable bonds is 3. The van der Waals surface area contributed by atoms with Crippen LogP contribution < -0.4 is 20.7 Å². The number of nitrogens with two attached hydrogens (primary N) is 1. The Morgan fingerprint density at radius 1 is 1.29 bits per heavy atom. The molecule has 3 N–H and O–H groups in total. The van der Waals surface area contributed by atoms with Gasteiger partial charge < -0.3 is 14.9 Å². The van der Waals surface area contributed by atoms with Crippen molar-refractivity contribution in [3.63, 3.8) is 0 Å². The highest BCUT2D eigenvalue weighted by Crippen LogP contribution is 2.41. The number of nitrogen functional groups attached to an aromatic ring is 1. The molecule has 2 aromatic rings. The van der Waals surface area contributed by atoms with Crippen molar-refractivity contribution in [1.29, 1.82) is 0 Å². The topological polar surface area (TPSA) is 69.4 Å². The number of nitrogens with one attached hydrogen (secondary N) is 1. The van der Waals surface area contributed by atoms with E-state index in [1.165, 1.54) is 0 Å². The molecular formula is C11H12ClN3O2. The summed E-state index contributed by atoms with van der Waals surface area (Å²) >= 11 is 6.24. The van der Waals surface area contributed by atoms with Gasteiger partial charge in [-0.15, -0.1) is 0 Å². The smallest absolute Gasteiger partial charge is 0.148 e. The van der Waals surface area contributed by atoms with Crippen LogP contribution in [0.3, 0.4) is 0 Å². The summed E-state index contributed by atoms with van der Waals surface area (Å²) in [6.45, 7) is 0. The number of nitrogens with zero attached hydrogens (tertiary/aromatic N) is 1. The minimum Gasteiger partial charge on any atom is -0.495 e. The molecule has 0 atom stereocenters. The van der Waals surface area contributed by atoms with E-state index in [0.29, 0.717) is 33.1 Å². The summed E-state index contributed by atoms with van der Waals surface area (Å²) in [7, 11) is 3.10. The van der Waals surface area contributed by atoms with Crippen molar-refractivity contribution in [3.05, 3.63) is 23.4 Å². The second-order valence-corrected chi connectivity index (χ2v) is 3.70. The first-order valence-electron chi connectivity index (χ1n) is 4.88. The van der Waals surface area contributed by atoms with Crippen LogP contribution in [-0.4, -0.2) is 19.2 Å². The van der Waals surface area contributed by atoms with Crippen LogP contribution in [0.4, 0.5) is 5.69 Å². The normalized spacial score (nSPS) is 10.4. The Labute approximate surface area is 103 Å². The fourth-order valence-electron chi connectivity index (χ4n) is 1.67. The number of methoxy groups -OCH3 is 2. The van der Waals surface area contributed by atoms with Crippen molar-refractivity contribution in [3.8, 4) is 11.5 Å². The average molecular weight is 254 g/mol. The third-order valence-electron chi connectivity index (χ3n) is 2.48. The maximum absolute atomic E-state index is 6.24. The van der Waals surface area contributed by atoms with Crippen LogP contribution in [0, 0.1) is 0 Å². The van der Waals surface area contributed by atoms with Gasteiger partial charge in [0.25, 0.3) is 0 Å². The van der Waals surface area contributed by atoms with E-state index >= 15 is 0 Å². The number of hydrogen-bond acceptors (Lipinski definition) is 5. The molecule has 90 valence electrons. The Bertz CT molecular complexity index is 560. The molecule has 1 heterocycles. The molecule has 0 bridgehead atoms. The molecule has 17 heavy (non-hydrogen) atoms. The highest BCUT2D eigenvalue weighted by Gasteiger charge is 2.15. The Hall–Kier alpha value is -1.72. The van der Waals surface area contributed by atoms with Gasteiger partial charge >= 0.3 is 0 Å². The number of halogens is 1. The number of fused-ring (bicyclic) bond motifs is 1. The molecule has 0 aliphatic heterocycles. The molecule has 0 aliphatic rings. The molecule has 1 aromatic carbocycles. The largest absolute Gasteiger partial charge is 0.495 e. The minimum absolute atomic E-state index is 0.448. The van der Waals surface area contributed by atoms with Gasteiger partial charge in [0.1, 0.15) is 17.0 Å². The van der Waals surface area contributed by atoms with Crippen molar-refractivity contribution >= 4 is 28.2 Å². The molecule has 0 saturated heterocycles. The number of anilines is 1. The third kappa shape index (κ3) is 1.83. The minimum atomic E-state index is 0.448. The molecule has 0 amide bonds. The summed E-state index contributed by atoms with van der Waals surface area (Å²) in [5.41, 5.74) is 3.88. The second-order valence-electron chi connectivity index (χ2n) is 3.32. The van der Waals surface area contributed by atoms with E-state index in [0.717, 1.165) is 0 Å². The van der Waals surface area contributed by atoms with E-state index in [1.54, 1.807) is 32.5 Å². The summed E-state index contributed by atoms with van der Waals surface area (Å²) in [5.74, 6) is 6.55. The van der Waals surface area contributed by atoms with Crippen LogP contribution in [0.1, 0.15) is 0 Å². The van der Waals surface area contributed by atoms with Crippen molar-refractivity contribution < 1.29 is 9.47 Å². The predicted molar refractivity (Wildman–Crippen MR) is 67.7 cm³/mol. The fraction of sp³-hybridized carbons (Fsp3) is 0.182. The number of aromatic nitrogens is 1. The monoisotopic (exact) mass is 253 g/mol. The number of hydrazine groups is 1. The summed E-state index contributed by atoms with van der Waals surface area (Å²) in [6.07, 6.45) is 1.63. The van der Waals surface area contributed by atoms with Crippen molar-refractivity contribution in [2.75, 3.05) is 19.6 Å². The molecule has 2 rings (SSSR count). The molecule has 0 radical (unpaired) electrons. The first-order chi connectivity index (χ1) is 8.22. The van der Waals surface area contributed by atoms with E-state index in [-0.39, 0.29) is 0 Å². The lowest BCUT2D eigenvalue weighted by atomic mass is 10.1. The molecule has 1 aromatic heterocycles. The van der Waals surface area contributed by atoms with Crippen LogP contribution in [0.25, 0.3) is 10.9 Å². The Morgan fingerprint density at radius 2 is 2.00 bits per heavy atom. The van der Waals surface area contributed by atoms with Crippen LogP contribution in [0.15, 0.2) is 18.3 Å². The Kier molecular flexibility index (Phi) is 3.21. The number of benzene rings is 1. The summed E-state index contributed by atoms with van der Waals surface area (Å²) in [6, 6.07) is 3.42.